The van der Waals surface area contributed by atoms with Gasteiger partial charge in [0, 0.05) is 5.25 Å². The molecule has 0 fully saturated rings. The van der Waals surface area contributed by atoms with Crippen LogP contribution in [0.3, 0.4) is 0 Å². The third kappa shape index (κ3) is 1.99. The fourth-order valence-corrected chi connectivity index (χ4v) is 1.36. The van der Waals surface area contributed by atoms with Crippen LogP contribution in [0.1, 0.15) is 0 Å². The standard InChI is InChI=1S/C8H8S/c1-2-7-9-8-5-3-4-6-8/h1,3-6,8H,7H2. The molecule has 1 heteroatoms. The predicted octanol–water partition coefficient (Wildman–Crippen LogP) is 1.85. The molecule has 0 radical (unpaired) electrons. The van der Waals surface area contributed by atoms with Gasteiger partial charge in [0.1, 0.15) is 0 Å². The molecule has 0 heterocycles. The molecule has 9 heavy (non-hydrogen) atoms. The molecule has 0 nitrogen and oxygen atoms in total. The zero-order chi connectivity index (χ0) is 6.53. The van der Waals surface area contributed by atoms with Gasteiger partial charge in [-0.2, -0.15) is 0 Å². The zero-order valence-corrected chi connectivity index (χ0v) is 5.90. The molecule has 0 atom stereocenters. The highest BCUT2D eigenvalue weighted by Gasteiger charge is 2.00. The molecule has 1 aliphatic carbocycles. The predicted molar refractivity (Wildman–Crippen MR) is 43.4 cm³/mol. The van der Waals surface area contributed by atoms with Gasteiger partial charge in [-0.25, -0.2) is 0 Å². The van der Waals surface area contributed by atoms with E-state index in [1.54, 1.807) is 11.8 Å². The van der Waals surface area contributed by atoms with Crippen molar-refractivity contribution in [1.82, 2.24) is 0 Å². The van der Waals surface area contributed by atoms with Gasteiger partial charge < -0.3 is 0 Å². The van der Waals surface area contributed by atoms with Crippen LogP contribution in [0.25, 0.3) is 0 Å². The summed E-state index contributed by atoms with van der Waals surface area (Å²) >= 11 is 1.77. The van der Waals surface area contributed by atoms with Crippen molar-refractivity contribution < 1.29 is 0 Å². The first kappa shape index (κ1) is 6.51. The number of hydrogen-bond acceptors (Lipinski definition) is 1. The molecule has 0 aromatic heterocycles. The molecular weight excluding hydrogens is 128 g/mol. The molecule has 0 aromatic rings. The van der Waals surface area contributed by atoms with Gasteiger partial charge >= 0.3 is 0 Å². The molecule has 0 saturated carbocycles. The summed E-state index contributed by atoms with van der Waals surface area (Å²) < 4.78 is 0. The second-order valence-corrected chi connectivity index (χ2v) is 2.92. The molecular formula is C8H8S. The molecule has 0 aromatic carbocycles. The quantitative estimate of drug-likeness (QED) is 0.522. The fourth-order valence-electron chi connectivity index (χ4n) is 0.667. The summed E-state index contributed by atoms with van der Waals surface area (Å²) in [5.41, 5.74) is 0. The van der Waals surface area contributed by atoms with Crippen molar-refractivity contribution in [2.24, 2.45) is 0 Å². The van der Waals surface area contributed by atoms with E-state index in [9.17, 15) is 0 Å². The van der Waals surface area contributed by atoms with Gasteiger partial charge in [-0.15, -0.1) is 18.2 Å². The van der Waals surface area contributed by atoms with E-state index < -0.39 is 0 Å². The Morgan fingerprint density at radius 2 is 2.11 bits per heavy atom. The molecule has 0 aliphatic heterocycles. The normalized spacial score (nSPS) is 16.3. The van der Waals surface area contributed by atoms with Gasteiger partial charge in [-0.1, -0.05) is 30.2 Å². The Bertz CT molecular complexity index is 159. The highest BCUT2D eigenvalue weighted by atomic mass is 32.2. The Kier molecular flexibility index (Phi) is 2.48. The average Bonchev–Trinajstić information content (AvgIpc) is 2.34. The molecule has 1 rings (SSSR count). The molecule has 0 spiro atoms. The van der Waals surface area contributed by atoms with Gasteiger partial charge in [0.2, 0.25) is 0 Å². The van der Waals surface area contributed by atoms with Crippen molar-refractivity contribution in [3.8, 4) is 12.3 Å². The lowest BCUT2D eigenvalue weighted by Crippen LogP contribution is -1.89. The van der Waals surface area contributed by atoms with Gasteiger partial charge in [0.25, 0.3) is 0 Å². The van der Waals surface area contributed by atoms with Crippen LogP contribution in [0.15, 0.2) is 24.3 Å². The molecule has 0 saturated heterocycles. The van der Waals surface area contributed by atoms with E-state index in [4.69, 9.17) is 6.42 Å². The number of thioether (sulfide) groups is 1. The first-order valence-corrected chi connectivity index (χ1v) is 3.88. The summed E-state index contributed by atoms with van der Waals surface area (Å²) in [5, 5.41) is 0.529. The second kappa shape index (κ2) is 3.42. The smallest absolute Gasteiger partial charge is 0.0553 e. The lowest BCUT2D eigenvalue weighted by Gasteiger charge is -1.98. The number of allylic oxidation sites excluding steroid dienone is 2. The maximum absolute atomic E-state index is 5.09. The fraction of sp³-hybridized carbons (Fsp3) is 0.250. The third-order valence-corrected chi connectivity index (χ3v) is 2.10. The van der Waals surface area contributed by atoms with Crippen LogP contribution in [0.5, 0.6) is 0 Å². The highest BCUT2D eigenvalue weighted by Crippen LogP contribution is 2.16. The van der Waals surface area contributed by atoms with Crippen LogP contribution in [0, 0.1) is 12.3 Å². The van der Waals surface area contributed by atoms with Crippen LogP contribution in [-0.2, 0) is 0 Å². The largest absolute Gasteiger partial charge is 0.137 e. The van der Waals surface area contributed by atoms with Crippen molar-refractivity contribution in [2.45, 2.75) is 5.25 Å². The summed E-state index contributed by atoms with van der Waals surface area (Å²) in [6.07, 6.45) is 13.5. The lowest BCUT2D eigenvalue weighted by atomic mass is 10.5. The molecule has 0 amide bonds. The summed E-state index contributed by atoms with van der Waals surface area (Å²) in [5.74, 6) is 3.39. The molecule has 1 aliphatic rings. The molecule has 0 N–H and O–H groups in total. The van der Waals surface area contributed by atoms with Crippen molar-refractivity contribution in [2.75, 3.05) is 5.75 Å². The Morgan fingerprint density at radius 1 is 1.44 bits per heavy atom. The van der Waals surface area contributed by atoms with Gasteiger partial charge in [0.15, 0.2) is 0 Å². The molecule has 0 unspecified atom stereocenters. The number of hydrogen-bond donors (Lipinski definition) is 0. The van der Waals surface area contributed by atoms with Crippen LogP contribution in [-0.4, -0.2) is 11.0 Å². The van der Waals surface area contributed by atoms with Crippen molar-refractivity contribution in [3.63, 3.8) is 0 Å². The Balaban J connectivity index is 2.23. The van der Waals surface area contributed by atoms with Gasteiger partial charge in [-0.3, -0.25) is 0 Å². The first-order chi connectivity index (χ1) is 4.43. The van der Waals surface area contributed by atoms with E-state index in [1.807, 2.05) is 12.2 Å². The van der Waals surface area contributed by atoms with Gasteiger partial charge in [0.05, 0.1) is 5.75 Å². The Labute approximate surface area is 60.0 Å². The average molecular weight is 136 g/mol. The van der Waals surface area contributed by atoms with E-state index in [0.29, 0.717) is 5.25 Å². The van der Waals surface area contributed by atoms with Gasteiger partial charge in [-0.05, 0) is 0 Å². The summed E-state index contributed by atoms with van der Waals surface area (Å²) in [6.45, 7) is 0. The lowest BCUT2D eigenvalue weighted by molar-refractivity contribution is 1.47. The summed E-state index contributed by atoms with van der Waals surface area (Å²) in [6, 6.07) is 0. The van der Waals surface area contributed by atoms with Crippen LogP contribution >= 0.6 is 11.8 Å². The van der Waals surface area contributed by atoms with Crippen LogP contribution in [0.2, 0.25) is 0 Å². The second-order valence-electron chi connectivity index (χ2n) is 1.75. The Hall–Kier alpha value is -0.610. The molecule has 0 bridgehead atoms. The highest BCUT2D eigenvalue weighted by molar-refractivity contribution is 8.00. The van der Waals surface area contributed by atoms with E-state index in [1.165, 1.54) is 0 Å². The summed E-state index contributed by atoms with van der Waals surface area (Å²) in [4.78, 5) is 0. The Morgan fingerprint density at radius 3 is 2.67 bits per heavy atom. The zero-order valence-electron chi connectivity index (χ0n) is 5.08. The number of rotatable bonds is 2. The summed E-state index contributed by atoms with van der Waals surface area (Å²) in [7, 11) is 0. The minimum atomic E-state index is 0.529. The maximum Gasteiger partial charge on any atom is 0.0553 e. The van der Waals surface area contributed by atoms with E-state index in [-0.39, 0.29) is 0 Å². The molecule has 46 valence electrons. The van der Waals surface area contributed by atoms with Crippen molar-refractivity contribution in [3.05, 3.63) is 24.3 Å². The van der Waals surface area contributed by atoms with Crippen LogP contribution < -0.4 is 0 Å². The maximum atomic E-state index is 5.09. The SMILES string of the molecule is C#CCSC1C=CC=C1. The number of terminal acetylenes is 1. The monoisotopic (exact) mass is 136 g/mol. The minimum Gasteiger partial charge on any atom is -0.137 e. The van der Waals surface area contributed by atoms with Crippen molar-refractivity contribution in [1.29, 1.82) is 0 Å². The van der Waals surface area contributed by atoms with Crippen LogP contribution in [0.4, 0.5) is 0 Å². The first-order valence-electron chi connectivity index (χ1n) is 2.83. The minimum absolute atomic E-state index is 0.529. The van der Waals surface area contributed by atoms with E-state index in [0.717, 1.165) is 5.75 Å². The van der Waals surface area contributed by atoms with Crippen molar-refractivity contribution >= 4 is 11.8 Å². The van der Waals surface area contributed by atoms with E-state index in [2.05, 4.69) is 18.1 Å². The third-order valence-electron chi connectivity index (χ3n) is 1.07. The van der Waals surface area contributed by atoms with E-state index >= 15 is 0 Å². The topological polar surface area (TPSA) is 0 Å².